The summed E-state index contributed by atoms with van der Waals surface area (Å²) < 4.78 is 6.46. The molecule has 1 nitrogen and oxygen atoms in total. The summed E-state index contributed by atoms with van der Waals surface area (Å²) in [5.74, 6) is 0. The monoisotopic (exact) mass is 358 g/mol. The lowest BCUT2D eigenvalue weighted by Crippen LogP contribution is -1.97. The molecule has 0 aliphatic heterocycles. The van der Waals surface area contributed by atoms with Crippen molar-refractivity contribution in [2.24, 2.45) is 0 Å². The summed E-state index contributed by atoms with van der Waals surface area (Å²) >= 11 is 0. The number of benzene rings is 4. The van der Waals surface area contributed by atoms with E-state index in [1.165, 1.54) is 54.9 Å². The lowest BCUT2D eigenvalue weighted by Gasteiger charge is -2.16. The van der Waals surface area contributed by atoms with Gasteiger partial charge >= 0.3 is 0 Å². The van der Waals surface area contributed by atoms with Gasteiger partial charge in [-0.1, -0.05) is 54.6 Å². The Kier molecular flexibility index (Phi) is 2.70. The maximum absolute atomic E-state index is 6.46. The van der Waals surface area contributed by atoms with Crippen molar-refractivity contribution in [3.05, 3.63) is 89.0 Å². The summed E-state index contributed by atoms with van der Waals surface area (Å²) in [6, 6.07) is 22.1. The molecule has 0 radical (unpaired) electrons. The first-order chi connectivity index (χ1) is 13.9. The molecule has 0 saturated carbocycles. The molecule has 0 bridgehead atoms. The van der Waals surface area contributed by atoms with Crippen molar-refractivity contribution in [3.8, 4) is 11.1 Å². The van der Waals surface area contributed by atoms with E-state index in [0.29, 0.717) is 0 Å². The van der Waals surface area contributed by atoms with Crippen LogP contribution in [0.3, 0.4) is 0 Å². The summed E-state index contributed by atoms with van der Waals surface area (Å²) in [4.78, 5) is 0. The fraction of sp³-hybridized carbons (Fsp3) is 0.111. The minimum absolute atomic E-state index is 0.989. The molecule has 0 spiro atoms. The molecular formula is C27H18O. The summed E-state index contributed by atoms with van der Waals surface area (Å²) in [5.41, 5.74) is 10.5. The van der Waals surface area contributed by atoms with E-state index in [4.69, 9.17) is 4.42 Å². The van der Waals surface area contributed by atoms with Gasteiger partial charge in [0.2, 0.25) is 0 Å². The van der Waals surface area contributed by atoms with E-state index in [1.54, 1.807) is 0 Å². The molecule has 132 valence electrons. The quantitative estimate of drug-likeness (QED) is 0.278. The van der Waals surface area contributed by atoms with Gasteiger partial charge in [0, 0.05) is 16.2 Å². The van der Waals surface area contributed by atoms with Gasteiger partial charge in [-0.3, -0.25) is 0 Å². The minimum Gasteiger partial charge on any atom is -0.455 e. The molecule has 0 saturated heterocycles. The van der Waals surface area contributed by atoms with E-state index in [9.17, 15) is 0 Å². The number of hydrogen-bond donors (Lipinski definition) is 0. The normalized spacial score (nSPS) is 14.6. The number of fused-ring (bicyclic) bond motifs is 11. The number of para-hydroxylation sites is 1. The third-order valence-electron chi connectivity index (χ3n) is 6.53. The fourth-order valence-corrected chi connectivity index (χ4v) is 5.31. The molecule has 7 rings (SSSR count). The van der Waals surface area contributed by atoms with Gasteiger partial charge in [0.1, 0.15) is 11.2 Å². The van der Waals surface area contributed by atoms with E-state index in [1.807, 2.05) is 0 Å². The lowest BCUT2D eigenvalue weighted by molar-refractivity contribution is 0.672. The molecule has 2 aliphatic carbocycles. The Morgan fingerprint density at radius 3 is 2.64 bits per heavy atom. The third kappa shape index (κ3) is 1.77. The van der Waals surface area contributed by atoms with E-state index in [2.05, 4.69) is 72.8 Å². The molecule has 5 aromatic rings. The van der Waals surface area contributed by atoms with Gasteiger partial charge in [-0.05, 0) is 76.2 Å². The van der Waals surface area contributed by atoms with Crippen LogP contribution >= 0.6 is 0 Å². The number of furan rings is 1. The van der Waals surface area contributed by atoms with Crippen LogP contribution in [0.4, 0.5) is 0 Å². The second kappa shape index (κ2) is 5.14. The SMILES string of the molecule is C1=Cc2c(c3c4ccccc4oc3c3cc4c(cc23)Cc2ccccc2-4)CC1. The maximum Gasteiger partial charge on any atom is 0.143 e. The first-order valence-electron chi connectivity index (χ1n) is 10.1. The molecule has 1 heteroatoms. The molecule has 0 fully saturated rings. The molecule has 2 aliphatic rings. The van der Waals surface area contributed by atoms with Crippen LogP contribution in [0.25, 0.3) is 49.9 Å². The topological polar surface area (TPSA) is 13.1 Å². The lowest BCUT2D eigenvalue weighted by atomic mass is 9.87. The highest BCUT2D eigenvalue weighted by Crippen LogP contribution is 2.45. The summed E-state index contributed by atoms with van der Waals surface area (Å²) in [5, 5.41) is 5.14. The van der Waals surface area contributed by atoms with Crippen molar-refractivity contribution >= 4 is 38.8 Å². The van der Waals surface area contributed by atoms with Crippen LogP contribution in [0, 0.1) is 0 Å². The van der Waals surface area contributed by atoms with Crippen LogP contribution in [0.15, 0.2) is 71.2 Å². The van der Waals surface area contributed by atoms with E-state index < -0.39 is 0 Å². The fourth-order valence-electron chi connectivity index (χ4n) is 5.31. The Bertz CT molecular complexity index is 1480. The summed E-state index contributed by atoms with van der Waals surface area (Å²) in [6.07, 6.45) is 7.86. The smallest absolute Gasteiger partial charge is 0.143 e. The average molecular weight is 358 g/mol. The van der Waals surface area contributed by atoms with E-state index >= 15 is 0 Å². The van der Waals surface area contributed by atoms with Crippen LogP contribution < -0.4 is 0 Å². The second-order valence-corrected chi connectivity index (χ2v) is 8.02. The average Bonchev–Trinajstić information content (AvgIpc) is 3.31. The predicted molar refractivity (Wildman–Crippen MR) is 117 cm³/mol. The Hall–Kier alpha value is -3.32. The van der Waals surface area contributed by atoms with Gasteiger partial charge in [0.25, 0.3) is 0 Å². The van der Waals surface area contributed by atoms with Gasteiger partial charge in [-0.2, -0.15) is 0 Å². The molecule has 4 aromatic carbocycles. The first kappa shape index (κ1) is 14.7. The highest BCUT2D eigenvalue weighted by Gasteiger charge is 2.24. The molecule has 0 amide bonds. The highest BCUT2D eigenvalue weighted by atomic mass is 16.3. The van der Waals surface area contributed by atoms with Crippen molar-refractivity contribution in [1.82, 2.24) is 0 Å². The van der Waals surface area contributed by atoms with Gasteiger partial charge < -0.3 is 4.42 Å². The Balaban J connectivity index is 1.71. The Morgan fingerprint density at radius 1 is 0.750 bits per heavy atom. The standard InChI is InChI=1S/C27H18O/c1-2-8-18-16(7-1)13-17-14-23-19-9-3-4-10-20(19)26-21-11-5-6-12-25(21)28-27(26)24(23)15-22(17)18/h1-3,5-9,11-12,14-15H,4,10,13H2. The highest BCUT2D eigenvalue weighted by molar-refractivity contribution is 6.20. The molecule has 0 atom stereocenters. The van der Waals surface area contributed by atoms with Crippen LogP contribution in [-0.2, 0) is 12.8 Å². The van der Waals surface area contributed by atoms with Crippen LogP contribution in [-0.4, -0.2) is 0 Å². The molecule has 1 aromatic heterocycles. The summed E-state index contributed by atoms with van der Waals surface area (Å²) in [7, 11) is 0. The van der Waals surface area contributed by atoms with Crippen LogP contribution in [0.2, 0.25) is 0 Å². The van der Waals surface area contributed by atoms with Crippen molar-refractivity contribution in [2.75, 3.05) is 0 Å². The second-order valence-electron chi connectivity index (χ2n) is 8.02. The molecule has 0 N–H and O–H groups in total. The predicted octanol–water partition coefficient (Wildman–Crippen LogP) is 7.27. The molecule has 28 heavy (non-hydrogen) atoms. The van der Waals surface area contributed by atoms with Crippen molar-refractivity contribution in [2.45, 2.75) is 19.3 Å². The van der Waals surface area contributed by atoms with E-state index in [-0.39, 0.29) is 0 Å². The van der Waals surface area contributed by atoms with Crippen molar-refractivity contribution < 1.29 is 4.42 Å². The Labute approximate surface area is 162 Å². The number of aryl methyl sites for hydroxylation is 1. The van der Waals surface area contributed by atoms with Crippen molar-refractivity contribution in [1.29, 1.82) is 0 Å². The third-order valence-corrected chi connectivity index (χ3v) is 6.53. The number of rotatable bonds is 0. The summed E-state index contributed by atoms with van der Waals surface area (Å²) in [6.45, 7) is 0. The first-order valence-corrected chi connectivity index (χ1v) is 10.1. The van der Waals surface area contributed by atoms with Crippen LogP contribution in [0.1, 0.15) is 28.7 Å². The molecule has 1 heterocycles. The zero-order valence-electron chi connectivity index (χ0n) is 15.5. The number of hydrogen-bond acceptors (Lipinski definition) is 1. The van der Waals surface area contributed by atoms with E-state index in [0.717, 1.165) is 30.4 Å². The largest absolute Gasteiger partial charge is 0.455 e. The molecular weight excluding hydrogens is 340 g/mol. The van der Waals surface area contributed by atoms with Gasteiger partial charge in [-0.25, -0.2) is 0 Å². The maximum atomic E-state index is 6.46. The molecule has 0 unspecified atom stereocenters. The van der Waals surface area contributed by atoms with Gasteiger partial charge in [0.15, 0.2) is 0 Å². The zero-order valence-corrected chi connectivity index (χ0v) is 15.5. The van der Waals surface area contributed by atoms with Gasteiger partial charge in [0.05, 0.1) is 0 Å². The Morgan fingerprint density at radius 2 is 1.64 bits per heavy atom. The minimum atomic E-state index is 0.989. The number of allylic oxidation sites excluding steroid dienone is 1. The van der Waals surface area contributed by atoms with Gasteiger partial charge in [-0.15, -0.1) is 0 Å². The zero-order chi connectivity index (χ0) is 18.2. The van der Waals surface area contributed by atoms with Crippen molar-refractivity contribution in [3.63, 3.8) is 0 Å². The van der Waals surface area contributed by atoms with Crippen LogP contribution in [0.5, 0.6) is 0 Å².